The molecule has 0 saturated heterocycles. The smallest absolute Gasteiger partial charge is 0.260 e. The van der Waals surface area contributed by atoms with Crippen LogP contribution in [0.4, 0.5) is 0 Å². The molecule has 1 amide bonds. The molecule has 1 aromatic carbocycles. The van der Waals surface area contributed by atoms with Gasteiger partial charge in [-0.1, -0.05) is 32.0 Å². The maximum atomic E-state index is 12.0. The van der Waals surface area contributed by atoms with Crippen molar-refractivity contribution in [3.8, 4) is 5.75 Å². The second kappa shape index (κ2) is 7.90. The van der Waals surface area contributed by atoms with Gasteiger partial charge < -0.3 is 15.4 Å². The lowest BCUT2D eigenvalue weighted by Gasteiger charge is -2.24. The monoisotopic (exact) mass is 278 g/mol. The van der Waals surface area contributed by atoms with Crippen LogP contribution in [0.5, 0.6) is 5.75 Å². The van der Waals surface area contributed by atoms with Crippen molar-refractivity contribution in [1.82, 2.24) is 4.90 Å². The maximum absolute atomic E-state index is 12.0. The minimum Gasteiger partial charge on any atom is -0.483 e. The quantitative estimate of drug-likeness (QED) is 0.833. The summed E-state index contributed by atoms with van der Waals surface area (Å²) in [5.74, 6) is 1.16. The first-order chi connectivity index (χ1) is 9.51. The van der Waals surface area contributed by atoms with Crippen LogP contribution in [-0.2, 0) is 4.79 Å². The first-order valence-corrected chi connectivity index (χ1v) is 7.18. The summed E-state index contributed by atoms with van der Waals surface area (Å²) in [5.41, 5.74) is 6.72. The molecule has 4 heteroatoms. The molecule has 0 aliphatic carbocycles. The topological polar surface area (TPSA) is 55.6 Å². The Kier molecular flexibility index (Phi) is 6.52. The van der Waals surface area contributed by atoms with Crippen LogP contribution in [0, 0.1) is 0 Å². The van der Waals surface area contributed by atoms with Crippen molar-refractivity contribution in [2.24, 2.45) is 5.73 Å². The summed E-state index contributed by atoms with van der Waals surface area (Å²) in [5, 5.41) is 0. The Bertz CT molecular complexity index is 434. The molecular weight excluding hydrogens is 252 g/mol. The number of ether oxygens (including phenoxy) is 1. The van der Waals surface area contributed by atoms with Gasteiger partial charge in [-0.05, 0) is 30.9 Å². The number of carbonyl (C=O) groups excluding carboxylic acids is 1. The Hall–Kier alpha value is -1.55. The van der Waals surface area contributed by atoms with Crippen molar-refractivity contribution < 1.29 is 9.53 Å². The molecule has 112 valence electrons. The number of nitrogens with two attached hydrogens (primary N) is 1. The van der Waals surface area contributed by atoms with E-state index in [-0.39, 0.29) is 18.6 Å². The fraction of sp³-hybridized carbons (Fsp3) is 0.562. The summed E-state index contributed by atoms with van der Waals surface area (Å²) >= 11 is 0. The number of rotatable bonds is 7. The maximum Gasteiger partial charge on any atom is 0.260 e. The largest absolute Gasteiger partial charge is 0.483 e. The first kappa shape index (κ1) is 16.5. The van der Waals surface area contributed by atoms with Crippen LogP contribution in [0.1, 0.15) is 38.7 Å². The van der Waals surface area contributed by atoms with Gasteiger partial charge in [0.2, 0.25) is 0 Å². The van der Waals surface area contributed by atoms with E-state index in [0.717, 1.165) is 17.7 Å². The van der Waals surface area contributed by atoms with E-state index in [9.17, 15) is 4.79 Å². The summed E-state index contributed by atoms with van der Waals surface area (Å²) in [7, 11) is 1.75. The summed E-state index contributed by atoms with van der Waals surface area (Å²) < 4.78 is 5.71. The van der Waals surface area contributed by atoms with Gasteiger partial charge in [-0.15, -0.1) is 0 Å². The summed E-state index contributed by atoms with van der Waals surface area (Å²) in [6.45, 7) is 6.72. The number of amides is 1. The van der Waals surface area contributed by atoms with Crippen LogP contribution in [0.3, 0.4) is 0 Å². The predicted molar refractivity (Wildman–Crippen MR) is 81.9 cm³/mol. The van der Waals surface area contributed by atoms with E-state index < -0.39 is 0 Å². The Labute approximate surface area is 121 Å². The van der Waals surface area contributed by atoms with Crippen LogP contribution in [0.15, 0.2) is 24.3 Å². The van der Waals surface area contributed by atoms with Crippen LogP contribution in [0.25, 0.3) is 0 Å². The van der Waals surface area contributed by atoms with Gasteiger partial charge >= 0.3 is 0 Å². The van der Waals surface area contributed by atoms with Gasteiger partial charge in [-0.25, -0.2) is 0 Å². The Morgan fingerprint density at radius 2 is 2.00 bits per heavy atom. The van der Waals surface area contributed by atoms with E-state index in [1.807, 2.05) is 25.1 Å². The molecule has 2 atom stereocenters. The molecule has 20 heavy (non-hydrogen) atoms. The normalized spacial score (nSPS) is 13.7. The lowest BCUT2D eigenvalue weighted by Crippen LogP contribution is -2.42. The number of hydrogen-bond donors (Lipinski definition) is 1. The molecule has 0 saturated carbocycles. The fourth-order valence-corrected chi connectivity index (χ4v) is 1.88. The summed E-state index contributed by atoms with van der Waals surface area (Å²) in [6.07, 6.45) is 1.04. The van der Waals surface area contributed by atoms with Crippen molar-refractivity contribution >= 4 is 5.91 Å². The second-order valence-corrected chi connectivity index (χ2v) is 5.23. The molecule has 1 rings (SSSR count). The van der Waals surface area contributed by atoms with Gasteiger partial charge in [0.25, 0.3) is 5.91 Å². The van der Waals surface area contributed by atoms with Crippen molar-refractivity contribution in [3.05, 3.63) is 29.8 Å². The third-order valence-corrected chi connectivity index (χ3v) is 3.81. The average molecular weight is 278 g/mol. The highest BCUT2D eigenvalue weighted by atomic mass is 16.5. The number of benzene rings is 1. The molecule has 2 unspecified atom stereocenters. The first-order valence-electron chi connectivity index (χ1n) is 7.18. The van der Waals surface area contributed by atoms with E-state index in [4.69, 9.17) is 10.5 Å². The van der Waals surface area contributed by atoms with Gasteiger partial charge in [0.15, 0.2) is 6.61 Å². The van der Waals surface area contributed by atoms with E-state index in [2.05, 4.69) is 19.9 Å². The van der Waals surface area contributed by atoms with E-state index in [1.165, 1.54) is 0 Å². The molecular formula is C16H26N2O2. The minimum absolute atomic E-state index is 0.0240. The second-order valence-electron chi connectivity index (χ2n) is 5.23. The van der Waals surface area contributed by atoms with Gasteiger partial charge in [0.1, 0.15) is 5.75 Å². The molecule has 0 aliphatic rings. The van der Waals surface area contributed by atoms with E-state index in [1.54, 1.807) is 11.9 Å². The Balaban J connectivity index is 2.68. The molecule has 1 aromatic rings. The molecule has 0 aromatic heterocycles. The Morgan fingerprint density at radius 1 is 1.35 bits per heavy atom. The number of carbonyl (C=O) groups is 1. The number of para-hydroxylation sites is 1. The van der Waals surface area contributed by atoms with Crippen molar-refractivity contribution in [3.63, 3.8) is 0 Å². The molecule has 4 nitrogen and oxygen atoms in total. The van der Waals surface area contributed by atoms with Gasteiger partial charge in [0, 0.05) is 19.6 Å². The molecule has 0 heterocycles. The van der Waals surface area contributed by atoms with Crippen molar-refractivity contribution in [2.75, 3.05) is 20.2 Å². The van der Waals surface area contributed by atoms with Crippen LogP contribution >= 0.6 is 0 Å². The standard InChI is InChI=1S/C16H26N2O2/c1-5-12(2)14-8-6-7-9-15(14)20-11-16(19)18(4)13(3)10-17/h6-9,12-13H,5,10-11,17H2,1-4H3. The van der Waals surface area contributed by atoms with Crippen LogP contribution < -0.4 is 10.5 Å². The van der Waals surface area contributed by atoms with Crippen molar-refractivity contribution in [1.29, 1.82) is 0 Å². The third kappa shape index (κ3) is 4.23. The third-order valence-electron chi connectivity index (χ3n) is 3.81. The lowest BCUT2D eigenvalue weighted by molar-refractivity contribution is -0.133. The zero-order chi connectivity index (χ0) is 15.1. The highest BCUT2D eigenvalue weighted by molar-refractivity contribution is 5.77. The number of hydrogen-bond acceptors (Lipinski definition) is 3. The van der Waals surface area contributed by atoms with E-state index >= 15 is 0 Å². The fourth-order valence-electron chi connectivity index (χ4n) is 1.88. The SMILES string of the molecule is CCC(C)c1ccccc1OCC(=O)N(C)C(C)CN. The zero-order valence-corrected chi connectivity index (χ0v) is 12.9. The van der Waals surface area contributed by atoms with Crippen molar-refractivity contribution in [2.45, 2.75) is 39.2 Å². The van der Waals surface area contributed by atoms with Gasteiger partial charge in [0.05, 0.1) is 0 Å². The molecule has 0 fully saturated rings. The molecule has 2 N–H and O–H groups in total. The molecule has 0 spiro atoms. The molecule has 0 aliphatic heterocycles. The van der Waals surface area contributed by atoms with Crippen LogP contribution in [-0.4, -0.2) is 37.0 Å². The molecule has 0 radical (unpaired) electrons. The van der Waals surface area contributed by atoms with E-state index in [0.29, 0.717) is 12.5 Å². The highest BCUT2D eigenvalue weighted by Gasteiger charge is 2.16. The minimum atomic E-state index is -0.0538. The van der Waals surface area contributed by atoms with Gasteiger partial charge in [-0.2, -0.15) is 0 Å². The lowest BCUT2D eigenvalue weighted by atomic mass is 9.98. The number of nitrogens with zero attached hydrogens (tertiary/aromatic N) is 1. The summed E-state index contributed by atoms with van der Waals surface area (Å²) in [6, 6.07) is 7.92. The molecule has 0 bridgehead atoms. The zero-order valence-electron chi connectivity index (χ0n) is 12.9. The average Bonchev–Trinajstić information content (AvgIpc) is 2.50. The predicted octanol–water partition coefficient (Wildman–Crippen LogP) is 2.38. The highest BCUT2D eigenvalue weighted by Crippen LogP contribution is 2.28. The summed E-state index contributed by atoms with van der Waals surface area (Å²) in [4.78, 5) is 13.6. The Morgan fingerprint density at radius 3 is 2.60 bits per heavy atom. The number of likely N-dealkylation sites (N-methyl/N-ethyl adjacent to an activating group) is 1. The van der Waals surface area contributed by atoms with Gasteiger partial charge in [-0.3, -0.25) is 4.79 Å². The van der Waals surface area contributed by atoms with Crippen LogP contribution in [0.2, 0.25) is 0 Å².